The van der Waals surface area contributed by atoms with Crippen LogP contribution in [-0.4, -0.2) is 24.8 Å². The minimum absolute atomic E-state index is 0.246. The van der Waals surface area contributed by atoms with Gasteiger partial charge in [0.25, 0.3) is 0 Å². The van der Waals surface area contributed by atoms with Gasteiger partial charge in [-0.1, -0.05) is 5.16 Å². The number of nitrogens with zero attached hydrogens (tertiary/aromatic N) is 1. The van der Waals surface area contributed by atoms with E-state index in [0.717, 1.165) is 6.21 Å². The highest BCUT2D eigenvalue weighted by molar-refractivity contribution is 6.10. The zero-order valence-corrected chi connectivity index (χ0v) is 5.94. The van der Waals surface area contributed by atoms with Crippen LogP contribution < -0.4 is 0 Å². The van der Waals surface area contributed by atoms with E-state index in [0.29, 0.717) is 0 Å². The van der Waals surface area contributed by atoms with Gasteiger partial charge in [0.05, 0.1) is 12.8 Å². The summed E-state index contributed by atoms with van der Waals surface area (Å²) in [7, 11) is 0. The van der Waals surface area contributed by atoms with E-state index >= 15 is 0 Å². The minimum Gasteiger partial charge on any atom is -0.465 e. The lowest BCUT2D eigenvalue weighted by atomic mass is 10.2. The largest absolute Gasteiger partial charge is 0.465 e. The average molecular weight is 157 g/mol. The first-order chi connectivity index (χ1) is 5.25. The molecule has 11 heavy (non-hydrogen) atoms. The van der Waals surface area contributed by atoms with Crippen LogP contribution in [0, 0.1) is 5.92 Å². The molecule has 60 valence electrons. The molecule has 0 fully saturated rings. The zero-order chi connectivity index (χ0) is 8.27. The van der Waals surface area contributed by atoms with Crippen LogP contribution >= 0.6 is 0 Å². The summed E-state index contributed by atoms with van der Waals surface area (Å²) in [5.41, 5.74) is 0. The standard InChI is InChI=1S/C6H7NO4/c1-2-10-5(8)4-3-7-11-6(4)9/h3-4H,2H2,1H3/t4-/m1/s1. The van der Waals surface area contributed by atoms with Gasteiger partial charge in [-0.15, -0.1) is 0 Å². The van der Waals surface area contributed by atoms with Crippen LogP contribution in [0.25, 0.3) is 0 Å². The number of carbonyl (C=O) groups is 2. The summed E-state index contributed by atoms with van der Waals surface area (Å²) in [5, 5.41) is 3.17. The zero-order valence-electron chi connectivity index (χ0n) is 5.94. The monoisotopic (exact) mass is 157 g/mol. The second-order valence-electron chi connectivity index (χ2n) is 1.89. The molecule has 0 aromatic heterocycles. The third-order valence-corrected chi connectivity index (χ3v) is 1.15. The molecule has 0 aliphatic carbocycles. The summed E-state index contributed by atoms with van der Waals surface area (Å²) in [6.45, 7) is 1.91. The van der Waals surface area contributed by atoms with Crippen molar-refractivity contribution in [3.05, 3.63) is 0 Å². The van der Waals surface area contributed by atoms with Crippen molar-refractivity contribution in [3.8, 4) is 0 Å². The molecule has 0 unspecified atom stereocenters. The Morgan fingerprint density at radius 3 is 3.09 bits per heavy atom. The van der Waals surface area contributed by atoms with Crippen LogP contribution in [0.1, 0.15) is 6.92 Å². The van der Waals surface area contributed by atoms with E-state index in [4.69, 9.17) is 0 Å². The molecule has 1 atom stereocenters. The summed E-state index contributed by atoms with van der Waals surface area (Å²) in [6, 6.07) is 0. The Balaban J connectivity index is 2.53. The highest BCUT2D eigenvalue weighted by Crippen LogP contribution is 2.06. The number of hydrogen-bond donors (Lipinski definition) is 0. The highest BCUT2D eigenvalue weighted by atomic mass is 16.7. The lowest BCUT2D eigenvalue weighted by Crippen LogP contribution is -2.24. The first-order valence-electron chi connectivity index (χ1n) is 3.16. The fraction of sp³-hybridized carbons (Fsp3) is 0.500. The average Bonchev–Trinajstić information content (AvgIpc) is 2.36. The number of ether oxygens (including phenoxy) is 1. The Morgan fingerprint density at radius 2 is 2.64 bits per heavy atom. The summed E-state index contributed by atoms with van der Waals surface area (Å²) in [5.74, 6) is -2.25. The summed E-state index contributed by atoms with van der Waals surface area (Å²) in [6.07, 6.45) is 1.13. The third kappa shape index (κ3) is 1.54. The molecule has 0 bridgehead atoms. The first kappa shape index (κ1) is 7.71. The van der Waals surface area contributed by atoms with Crippen LogP contribution in [0.15, 0.2) is 5.16 Å². The van der Waals surface area contributed by atoms with Crippen molar-refractivity contribution < 1.29 is 19.2 Å². The molecule has 0 aromatic rings. The van der Waals surface area contributed by atoms with Crippen LogP contribution in [0.2, 0.25) is 0 Å². The molecule has 0 radical (unpaired) electrons. The van der Waals surface area contributed by atoms with Crippen LogP contribution in [0.4, 0.5) is 0 Å². The Kier molecular flexibility index (Phi) is 2.20. The van der Waals surface area contributed by atoms with Crippen LogP contribution in [0.3, 0.4) is 0 Å². The first-order valence-corrected chi connectivity index (χ1v) is 3.16. The van der Waals surface area contributed by atoms with Crippen LogP contribution in [0.5, 0.6) is 0 Å². The second-order valence-corrected chi connectivity index (χ2v) is 1.89. The molecule has 5 nitrogen and oxygen atoms in total. The van der Waals surface area contributed by atoms with Crippen molar-refractivity contribution in [3.63, 3.8) is 0 Å². The van der Waals surface area contributed by atoms with Crippen molar-refractivity contribution in [2.45, 2.75) is 6.92 Å². The van der Waals surface area contributed by atoms with Gasteiger partial charge < -0.3 is 9.57 Å². The molecule has 0 amide bonds. The van der Waals surface area contributed by atoms with Gasteiger partial charge in [-0.3, -0.25) is 4.79 Å². The highest BCUT2D eigenvalue weighted by Gasteiger charge is 2.32. The number of carbonyl (C=O) groups excluding carboxylic acids is 2. The van der Waals surface area contributed by atoms with Gasteiger partial charge in [0.2, 0.25) is 0 Å². The lowest BCUT2D eigenvalue weighted by molar-refractivity contribution is -0.155. The summed E-state index contributed by atoms with van der Waals surface area (Å²) < 4.78 is 4.57. The van der Waals surface area contributed by atoms with Crippen molar-refractivity contribution in [2.24, 2.45) is 11.1 Å². The molecule has 1 heterocycles. The van der Waals surface area contributed by atoms with Crippen molar-refractivity contribution in [1.82, 2.24) is 0 Å². The lowest BCUT2D eigenvalue weighted by Gasteiger charge is -2.01. The summed E-state index contributed by atoms with van der Waals surface area (Å²) >= 11 is 0. The third-order valence-electron chi connectivity index (χ3n) is 1.15. The van der Waals surface area contributed by atoms with Gasteiger partial charge >= 0.3 is 11.9 Å². The summed E-state index contributed by atoms with van der Waals surface area (Å²) in [4.78, 5) is 25.6. The number of rotatable bonds is 2. The predicted molar refractivity (Wildman–Crippen MR) is 34.7 cm³/mol. The molecule has 5 heteroatoms. The molecule has 1 aliphatic rings. The Hall–Kier alpha value is -1.39. The molecule has 1 aliphatic heterocycles. The van der Waals surface area contributed by atoms with Gasteiger partial charge in [-0.2, -0.15) is 0 Å². The molecule has 0 spiro atoms. The van der Waals surface area contributed by atoms with Gasteiger partial charge in [-0.05, 0) is 6.92 Å². The van der Waals surface area contributed by atoms with E-state index in [-0.39, 0.29) is 6.61 Å². The topological polar surface area (TPSA) is 65.0 Å². The van der Waals surface area contributed by atoms with Crippen molar-refractivity contribution in [2.75, 3.05) is 6.61 Å². The predicted octanol–water partition coefficient (Wildman–Crippen LogP) is -0.292. The van der Waals surface area contributed by atoms with Gasteiger partial charge in [-0.25, -0.2) is 4.79 Å². The Bertz CT molecular complexity index is 211. The maximum Gasteiger partial charge on any atom is 0.354 e. The van der Waals surface area contributed by atoms with E-state index in [1.807, 2.05) is 0 Å². The molecular weight excluding hydrogens is 150 g/mol. The van der Waals surface area contributed by atoms with Gasteiger partial charge in [0.15, 0.2) is 5.92 Å². The maximum absolute atomic E-state index is 10.8. The molecule has 0 saturated heterocycles. The fourth-order valence-electron chi connectivity index (χ4n) is 0.650. The fourth-order valence-corrected chi connectivity index (χ4v) is 0.650. The van der Waals surface area contributed by atoms with E-state index in [1.54, 1.807) is 6.92 Å². The molecular formula is C6H7NO4. The Morgan fingerprint density at radius 1 is 1.91 bits per heavy atom. The molecule has 1 rings (SSSR count). The van der Waals surface area contributed by atoms with E-state index in [9.17, 15) is 9.59 Å². The maximum atomic E-state index is 10.8. The Labute approximate surface area is 63.0 Å². The number of esters is 1. The quantitative estimate of drug-likeness (QED) is 0.314. The normalized spacial score (nSPS) is 21.5. The number of oxime groups is 1. The SMILES string of the molecule is CCOC(=O)[C@H]1C=NOC1=O. The molecule has 0 saturated carbocycles. The van der Waals surface area contributed by atoms with Gasteiger partial charge in [0.1, 0.15) is 0 Å². The second kappa shape index (κ2) is 3.14. The minimum atomic E-state index is -0.963. The van der Waals surface area contributed by atoms with Crippen molar-refractivity contribution in [1.29, 1.82) is 0 Å². The van der Waals surface area contributed by atoms with E-state index in [1.165, 1.54) is 0 Å². The van der Waals surface area contributed by atoms with E-state index < -0.39 is 17.9 Å². The van der Waals surface area contributed by atoms with E-state index in [2.05, 4.69) is 14.7 Å². The van der Waals surface area contributed by atoms with Crippen LogP contribution in [-0.2, 0) is 19.2 Å². The smallest absolute Gasteiger partial charge is 0.354 e. The molecule has 0 N–H and O–H groups in total. The molecule has 0 aromatic carbocycles. The van der Waals surface area contributed by atoms with Crippen molar-refractivity contribution >= 4 is 18.2 Å². The number of hydrogen-bond acceptors (Lipinski definition) is 5. The van der Waals surface area contributed by atoms with Gasteiger partial charge in [0, 0.05) is 0 Å².